The summed E-state index contributed by atoms with van der Waals surface area (Å²) in [7, 11) is 0. The van der Waals surface area contributed by atoms with E-state index in [0.29, 0.717) is 0 Å². The Balaban J connectivity index is 2.00. The third-order valence-corrected chi connectivity index (χ3v) is 3.18. The van der Waals surface area contributed by atoms with E-state index in [-0.39, 0.29) is 16.9 Å². The Morgan fingerprint density at radius 1 is 1.08 bits per heavy atom. The quantitative estimate of drug-likeness (QED) is 0.466. The van der Waals surface area contributed by atoms with Crippen molar-refractivity contribution in [1.29, 1.82) is 0 Å². The number of carbonyl (C=O) groups is 1. The Labute approximate surface area is 140 Å². The van der Waals surface area contributed by atoms with E-state index >= 15 is 0 Å². The Bertz CT molecular complexity index is 716. The average Bonchev–Trinajstić information content (AvgIpc) is 2.58. The molecule has 1 atom stereocenters. The Kier molecular flexibility index (Phi) is 6.11. The van der Waals surface area contributed by atoms with Crippen molar-refractivity contribution < 1.29 is 36.9 Å². The summed E-state index contributed by atoms with van der Waals surface area (Å²) < 4.78 is 57.7. The zero-order valence-corrected chi connectivity index (χ0v) is 12.8. The van der Waals surface area contributed by atoms with Crippen molar-refractivity contribution in [2.75, 3.05) is 13.2 Å². The second kappa shape index (κ2) is 8.09. The number of aliphatic hydroxyl groups excluding tert-OH is 1. The minimum atomic E-state index is -4.78. The highest BCUT2D eigenvalue weighted by atomic mass is 19.4. The summed E-state index contributed by atoms with van der Waals surface area (Å²) in [5.74, 6) is -1.83. The fourth-order valence-corrected chi connectivity index (χ4v) is 2.02. The highest BCUT2D eigenvalue weighted by molar-refractivity contribution is 5.99. The van der Waals surface area contributed by atoms with Crippen LogP contribution in [0.3, 0.4) is 0 Å². The molecule has 0 aliphatic carbocycles. The van der Waals surface area contributed by atoms with Crippen LogP contribution in [0.4, 0.5) is 17.6 Å². The molecule has 25 heavy (non-hydrogen) atoms. The topological polar surface area (TPSA) is 55.8 Å². The van der Waals surface area contributed by atoms with Crippen LogP contribution in [0, 0.1) is 5.82 Å². The zero-order valence-electron chi connectivity index (χ0n) is 12.8. The number of hydrogen-bond acceptors (Lipinski definition) is 4. The summed E-state index contributed by atoms with van der Waals surface area (Å²) >= 11 is 0. The number of alkyl halides is 3. The SMILES string of the molecule is O=C(c1ccccc1)C(O)c1ccc(OCCOC(F)(F)F)c(F)c1. The summed E-state index contributed by atoms with van der Waals surface area (Å²) in [4.78, 5) is 12.1. The maximum Gasteiger partial charge on any atom is 0.522 e. The first-order chi connectivity index (χ1) is 11.8. The predicted octanol–water partition coefficient (Wildman–Crippen LogP) is 3.66. The number of hydrogen-bond donors (Lipinski definition) is 1. The lowest BCUT2D eigenvalue weighted by molar-refractivity contribution is -0.325. The largest absolute Gasteiger partial charge is 0.522 e. The molecular weight excluding hydrogens is 344 g/mol. The normalized spacial score (nSPS) is 12.7. The van der Waals surface area contributed by atoms with Gasteiger partial charge < -0.3 is 9.84 Å². The molecule has 1 N–H and O–H groups in total. The second-order valence-electron chi connectivity index (χ2n) is 4.97. The third kappa shape index (κ3) is 5.54. The first kappa shape index (κ1) is 18.9. The fourth-order valence-electron chi connectivity index (χ4n) is 2.02. The molecule has 0 amide bonds. The van der Waals surface area contributed by atoms with Crippen LogP contribution >= 0.6 is 0 Å². The van der Waals surface area contributed by atoms with Gasteiger partial charge in [-0.2, -0.15) is 0 Å². The van der Waals surface area contributed by atoms with Crippen molar-refractivity contribution in [2.24, 2.45) is 0 Å². The molecule has 0 aliphatic rings. The van der Waals surface area contributed by atoms with Gasteiger partial charge >= 0.3 is 6.36 Å². The molecule has 0 saturated heterocycles. The number of ketones is 1. The second-order valence-corrected chi connectivity index (χ2v) is 4.97. The van der Waals surface area contributed by atoms with Gasteiger partial charge in [-0.1, -0.05) is 36.4 Å². The fraction of sp³-hybridized carbons (Fsp3) is 0.235. The van der Waals surface area contributed by atoms with Crippen LogP contribution in [0.2, 0.25) is 0 Å². The zero-order chi connectivity index (χ0) is 18.4. The number of rotatable bonds is 7. The average molecular weight is 358 g/mol. The van der Waals surface area contributed by atoms with Crippen molar-refractivity contribution in [1.82, 2.24) is 0 Å². The molecular formula is C17H14F4O4. The van der Waals surface area contributed by atoms with Gasteiger partial charge in [0, 0.05) is 5.56 Å². The lowest BCUT2D eigenvalue weighted by Crippen LogP contribution is -2.18. The maximum absolute atomic E-state index is 13.9. The van der Waals surface area contributed by atoms with Gasteiger partial charge in [0.25, 0.3) is 0 Å². The van der Waals surface area contributed by atoms with Crippen LogP contribution in [0.25, 0.3) is 0 Å². The molecule has 0 spiro atoms. The van der Waals surface area contributed by atoms with E-state index in [9.17, 15) is 27.5 Å². The van der Waals surface area contributed by atoms with Crippen molar-refractivity contribution in [3.63, 3.8) is 0 Å². The van der Waals surface area contributed by atoms with Gasteiger partial charge in [0.15, 0.2) is 17.3 Å². The highest BCUT2D eigenvalue weighted by Gasteiger charge is 2.28. The van der Waals surface area contributed by atoms with Gasteiger partial charge in [-0.25, -0.2) is 4.39 Å². The van der Waals surface area contributed by atoms with Crippen LogP contribution in [0.15, 0.2) is 48.5 Å². The van der Waals surface area contributed by atoms with E-state index in [0.717, 1.165) is 12.1 Å². The van der Waals surface area contributed by atoms with Crippen LogP contribution in [0.5, 0.6) is 5.75 Å². The molecule has 2 aromatic carbocycles. The van der Waals surface area contributed by atoms with Crippen molar-refractivity contribution in [2.45, 2.75) is 12.5 Å². The number of halogens is 4. The smallest absolute Gasteiger partial charge is 0.488 e. The highest BCUT2D eigenvalue weighted by Crippen LogP contribution is 2.25. The Morgan fingerprint density at radius 3 is 2.36 bits per heavy atom. The lowest BCUT2D eigenvalue weighted by Gasteiger charge is -2.13. The molecule has 0 aromatic heterocycles. The molecule has 0 fully saturated rings. The molecule has 0 aliphatic heterocycles. The summed E-state index contributed by atoms with van der Waals surface area (Å²) in [5, 5.41) is 10.1. The minimum absolute atomic E-state index is 0.00486. The molecule has 0 bridgehead atoms. The first-order valence-corrected chi connectivity index (χ1v) is 7.18. The molecule has 0 heterocycles. The maximum atomic E-state index is 13.9. The lowest BCUT2D eigenvalue weighted by atomic mass is 10.00. The molecule has 2 aromatic rings. The van der Waals surface area contributed by atoms with E-state index in [1.165, 1.54) is 18.2 Å². The van der Waals surface area contributed by atoms with Crippen LogP contribution in [-0.4, -0.2) is 30.5 Å². The van der Waals surface area contributed by atoms with E-state index < -0.39 is 37.3 Å². The van der Waals surface area contributed by atoms with E-state index in [2.05, 4.69) is 4.74 Å². The number of Topliss-reactive ketones (excluding diaryl/α,β-unsaturated/α-hetero) is 1. The monoisotopic (exact) mass is 358 g/mol. The number of ether oxygens (including phenoxy) is 2. The minimum Gasteiger partial charge on any atom is -0.488 e. The summed E-state index contributed by atoms with van der Waals surface area (Å²) in [6, 6.07) is 11.3. The van der Waals surface area contributed by atoms with Crippen molar-refractivity contribution in [3.8, 4) is 5.75 Å². The van der Waals surface area contributed by atoms with Crippen molar-refractivity contribution in [3.05, 3.63) is 65.5 Å². The molecule has 0 saturated carbocycles. The Morgan fingerprint density at radius 2 is 1.76 bits per heavy atom. The van der Waals surface area contributed by atoms with E-state index in [4.69, 9.17) is 4.74 Å². The summed E-state index contributed by atoms with van der Waals surface area (Å²) in [5.41, 5.74) is 0.269. The molecule has 0 radical (unpaired) electrons. The molecule has 2 rings (SSSR count). The van der Waals surface area contributed by atoms with Gasteiger partial charge in [0.1, 0.15) is 12.7 Å². The molecule has 8 heteroatoms. The summed E-state index contributed by atoms with van der Waals surface area (Å²) in [6.07, 6.45) is -6.35. The Hall–Kier alpha value is -2.45. The molecule has 4 nitrogen and oxygen atoms in total. The number of aliphatic hydroxyl groups is 1. The number of carbonyl (C=O) groups excluding carboxylic acids is 1. The first-order valence-electron chi connectivity index (χ1n) is 7.18. The molecule has 134 valence electrons. The van der Waals surface area contributed by atoms with Crippen molar-refractivity contribution >= 4 is 5.78 Å². The number of benzene rings is 2. The van der Waals surface area contributed by atoms with Gasteiger partial charge in [-0.3, -0.25) is 9.53 Å². The van der Waals surface area contributed by atoms with Gasteiger partial charge in [-0.15, -0.1) is 13.2 Å². The van der Waals surface area contributed by atoms with E-state index in [1.807, 2.05) is 0 Å². The third-order valence-electron chi connectivity index (χ3n) is 3.18. The van der Waals surface area contributed by atoms with Crippen LogP contribution in [0.1, 0.15) is 22.0 Å². The van der Waals surface area contributed by atoms with Crippen LogP contribution < -0.4 is 4.74 Å². The standard InChI is InChI=1S/C17H14F4O4/c18-13-10-12(16(23)15(22)11-4-2-1-3-5-11)6-7-14(13)24-8-9-25-17(19,20)21/h1-7,10,16,23H,8-9H2. The summed E-state index contributed by atoms with van der Waals surface area (Å²) in [6.45, 7) is -1.30. The molecule has 1 unspecified atom stereocenters. The predicted molar refractivity (Wildman–Crippen MR) is 79.6 cm³/mol. The van der Waals surface area contributed by atoms with Gasteiger partial charge in [0.2, 0.25) is 0 Å². The van der Waals surface area contributed by atoms with E-state index in [1.54, 1.807) is 18.2 Å². The van der Waals surface area contributed by atoms with Gasteiger partial charge in [0.05, 0.1) is 6.61 Å². The van der Waals surface area contributed by atoms with Crippen LogP contribution in [-0.2, 0) is 4.74 Å². The van der Waals surface area contributed by atoms with Gasteiger partial charge in [-0.05, 0) is 17.7 Å².